The molecule has 2 rings (SSSR count). The zero-order valence-electron chi connectivity index (χ0n) is 10.0. The number of rotatable bonds is 4. The van der Waals surface area contributed by atoms with Gasteiger partial charge in [0.1, 0.15) is 0 Å². The number of carbonyl (C=O) groups is 1. The lowest BCUT2D eigenvalue weighted by molar-refractivity contribution is -0.138. The van der Waals surface area contributed by atoms with Gasteiger partial charge in [0.15, 0.2) is 0 Å². The summed E-state index contributed by atoms with van der Waals surface area (Å²) in [7, 11) is 0. The van der Waals surface area contributed by atoms with Crippen LogP contribution in [0.2, 0.25) is 4.34 Å². The molecule has 0 spiro atoms. The molecule has 2 heterocycles. The van der Waals surface area contributed by atoms with E-state index in [2.05, 4.69) is 5.38 Å². The van der Waals surface area contributed by atoms with Gasteiger partial charge in [0, 0.05) is 19.1 Å². The first-order chi connectivity index (χ1) is 8.52. The molecule has 0 bridgehead atoms. The molecule has 1 aromatic heterocycles. The molecule has 0 aromatic carbocycles. The largest absolute Gasteiger partial charge is 0.480 e. The lowest BCUT2D eigenvalue weighted by atomic mass is 9.90. The third-order valence-electron chi connectivity index (χ3n) is 3.15. The minimum absolute atomic E-state index is 0.0669. The van der Waals surface area contributed by atoms with Crippen LogP contribution in [0.25, 0.3) is 0 Å². The van der Waals surface area contributed by atoms with Gasteiger partial charge < -0.3 is 10.8 Å². The molecule has 6 heteroatoms. The highest BCUT2D eigenvalue weighted by atomic mass is 35.5. The lowest BCUT2D eigenvalue weighted by Crippen LogP contribution is -2.49. The Balaban J connectivity index is 1.93. The fraction of sp³-hybridized carbons (Fsp3) is 0.583. The Morgan fingerprint density at radius 2 is 2.39 bits per heavy atom. The number of thiophene rings is 1. The standard InChI is InChI=1S/C12H17ClN2O2S/c13-11-3-9(7-18-11)1-8-2-10(14)5-15(4-8)6-12(16)17/h3,7-8,10H,1-2,4-6,14H2,(H,16,17). The van der Waals surface area contributed by atoms with E-state index in [9.17, 15) is 4.79 Å². The molecule has 2 unspecified atom stereocenters. The molecule has 0 saturated carbocycles. The highest BCUT2D eigenvalue weighted by Crippen LogP contribution is 2.25. The van der Waals surface area contributed by atoms with Gasteiger partial charge in [0.2, 0.25) is 0 Å². The van der Waals surface area contributed by atoms with Gasteiger partial charge >= 0.3 is 5.97 Å². The Morgan fingerprint density at radius 1 is 1.61 bits per heavy atom. The smallest absolute Gasteiger partial charge is 0.317 e. The summed E-state index contributed by atoms with van der Waals surface area (Å²) in [6.07, 6.45) is 1.87. The van der Waals surface area contributed by atoms with Gasteiger partial charge in [-0.3, -0.25) is 9.69 Å². The number of nitrogens with two attached hydrogens (primary N) is 1. The normalized spacial score (nSPS) is 25.2. The summed E-state index contributed by atoms with van der Waals surface area (Å²) in [5, 5.41) is 10.9. The van der Waals surface area contributed by atoms with Crippen molar-refractivity contribution < 1.29 is 9.90 Å². The lowest BCUT2D eigenvalue weighted by Gasteiger charge is -2.35. The van der Waals surface area contributed by atoms with Gasteiger partial charge in [0.05, 0.1) is 10.9 Å². The van der Waals surface area contributed by atoms with Crippen molar-refractivity contribution in [3.63, 3.8) is 0 Å². The fourth-order valence-corrected chi connectivity index (χ4v) is 3.52. The van der Waals surface area contributed by atoms with Gasteiger partial charge in [-0.25, -0.2) is 0 Å². The summed E-state index contributed by atoms with van der Waals surface area (Å²) in [6.45, 7) is 1.55. The Hall–Kier alpha value is -0.620. The monoisotopic (exact) mass is 288 g/mol. The van der Waals surface area contributed by atoms with Gasteiger partial charge in [-0.1, -0.05) is 11.6 Å². The van der Waals surface area contributed by atoms with Crippen molar-refractivity contribution in [3.05, 3.63) is 21.3 Å². The molecule has 100 valence electrons. The van der Waals surface area contributed by atoms with Crippen molar-refractivity contribution in [2.45, 2.75) is 18.9 Å². The van der Waals surface area contributed by atoms with Crippen LogP contribution in [0.15, 0.2) is 11.4 Å². The van der Waals surface area contributed by atoms with E-state index >= 15 is 0 Å². The second kappa shape index (κ2) is 6.02. The Morgan fingerprint density at radius 3 is 3.00 bits per heavy atom. The van der Waals surface area contributed by atoms with E-state index in [-0.39, 0.29) is 12.6 Å². The second-order valence-corrected chi connectivity index (χ2v) is 6.46. The first-order valence-electron chi connectivity index (χ1n) is 5.95. The summed E-state index contributed by atoms with van der Waals surface area (Å²) in [5.41, 5.74) is 7.21. The van der Waals surface area contributed by atoms with E-state index in [1.807, 2.05) is 11.0 Å². The zero-order chi connectivity index (χ0) is 13.1. The molecule has 1 aliphatic heterocycles. The van der Waals surface area contributed by atoms with Crippen LogP contribution in [-0.4, -0.2) is 41.7 Å². The minimum Gasteiger partial charge on any atom is -0.480 e. The first-order valence-corrected chi connectivity index (χ1v) is 7.21. The molecule has 2 atom stereocenters. The van der Waals surface area contributed by atoms with Gasteiger partial charge in [0.25, 0.3) is 0 Å². The maximum absolute atomic E-state index is 10.7. The topological polar surface area (TPSA) is 66.6 Å². The minimum atomic E-state index is -0.790. The van der Waals surface area contributed by atoms with E-state index in [1.165, 1.54) is 16.9 Å². The molecule has 4 nitrogen and oxygen atoms in total. The number of likely N-dealkylation sites (tertiary alicyclic amines) is 1. The molecule has 1 aromatic rings. The summed E-state index contributed by atoms with van der Waals surface area (Å²) in [5.74, 6) is -0.375. The quantitative estimate of drug-likeness (QED) is 0.885. The third kappa shape index (κ3) is 3.95. The average Bonchev–Trinajstić information content (AvgIpc) is 2.61. The van der Waals surface area contributed by atoms with E-state index in [0.29, 0.717) is 12.5 Å². The number of carboxylic acids is 1. The number of halogens is 1. The van der Waals surface area contributed by atoms with Crippen LogP contribution in [0.3, 0.4) is 0 Å². The Bertz CT molecular complexity index is 424. The molecule has 0 radical (unpaired) electrons. The number of aliphatic carboxylic acids is 1. The van der Waals surface area contributed by atoms with Gasteiger partial charge in [-0.05, 0) is 35.8 Å². The zero-order valence-corrected chi connectivity index (χ0v) is 11.6. The van der Waals surface area contributed by atoms with Crippen LogP contribution in [0.1, 0.15) is 12.0 Å². The van der Waals surface area contributed by atoms with Crippen molar-refractivity contribution in [1.29, 1.82) is 0 Å². The molecular weight excluding hydrogens is 272 g/mol. The SMILES string of the molecule is NC1CC(Cc2csc(Cl)c2)CN(CC(=O)O)C1. The van der Waals surface area contributed by atoms with E-state index in [4.69, 9.17) is 22.4 Å². The predicted octanol–water partition coefficient (Wildman–Crippen LogP) is 1.68. The highest BCUT2D eigenvalue weighted by molar-refractivity contribution is 7.14. The summed E-state index contributed by atoms with van der Waals surface area (Å²) >= 11 is 7.44. The van der Waals surface area contributed by atoms with Gasteiger partial charge in [-0.2, -0.15) is 0 Å². The van der Waals surface area contributed by atoms with E-state index in [0.717, 1.165) is 23.7 Å². The molecule has 1 saturated heterocycles. The van der Waals surface area contributed by atoms with Gasteiger partial charge in [-0.15, -0.1) is 11.3 Å². The maximum atomic E-state index is 10.7. The predicted molar refractivity (Wildman–Crippen MR) is 73.2 cm³/mol. The van der Waals surface area contributed by atoms with Crippen molar-refractivity contribution in [2.75, 3.05) is 19.6 Å². The Kier molecular flexibility index (Phi) is 4.61. The number of carboxylic acid groups (broad SMARTS) is 1. The van der Waals surface area contributed by atoms with Crippen LogP contribution >= 0.6 is 22.9 Å². The van der Waals surface area contributed by atoms with Crippen molar-refractivity contribution >= 4 is 28.9 Å². The third-order valence-corrected chi connectivity index (χ3v) is 4.29. The summed E-state index contributed by atoms with van der Waals surface area (Å²) < 4.78 is 0.799. The van der Waals surface area contributed by atoms with Crippen molar-refractivity contribution in [3.8, 4) is 0 Å². The first kappa shape index (κ1) is 13.8. The molecule has 3 N–H and O–H groups in total. The van der Waals surface area contributed by atoms with Crippen LogP contribution in [0.5, 0.6) is 0 Å². The number of piperidine rings is 1. The number of nitrogens with zero attached hydrogens (tertiary/aromatic N) is 1. The molecule has 0 aliphatic carbocycles. The fourth-order valence-electron chi connectivity index (χ4n) is 2.60. The number of hydrogen-bond acceptors (Lipinski definition) is 4. The highest BCUT2D eigenvalue weighted by Gasteiger charge is 2.26. The maximum Gasteiger partial charge on any atom is 0.317 e. The molecule has 1 fully saturated rings. The second-order valence-electron chi connectivity index (χ2n) is 4.91. The van der Waals surface area contributed by atoms with Crippen molar-refractivity contribution in [1.82, 2.24) is 4.90 Å². The average molecular weight is 289 g/mol. The summed E-state index contributed by atoms with van der Waals surface area (Å²) in [4.78, 5) is 12.7. The summed E-state index contributed by atoms with van der Waals surface area (Å²) in [6, 6.07) is 2.05. The molecule has 18 heavy (non-hydrogen) atoms. The number of hydrogen-bond donors (Lipinski definition) is 2. The van der Waals surface area contributed by atoms with E-state index < -0.39 is 5.97 Å². The molecular formula is C12H17ClN2O2S. The Labute approximate surface area is 115 Å². The molecule has 0 amide bonds. The van der Waals surface area contributed by atoms with Crippen LogP contribution < -0.4 is 5.73 Å². The van der Waals surface area contributed by atoms with Crippen LogP contribution in [-0.2, 0) is 11.2 Å². The van der Waals surface area contributed by atoms with Crippen LogP contribution in [0, 0.1) is 5.92 Å². The van der Waals surface area contributed by atoms with Crippen LogP contribution in [0.4, 0.5) is 0 Å². The van der Waals surface area contributed by atoms with Crippen molar-refractivity contribution in [2.24, 2.45) is 11.7 Å². The van der Waals surface area contributed by atoms with E-state index in [1.54, 1.807) is 0 Å². The molecule has 1 aliphatic rings.